The van der Waals surface area contributed by atoms with Gasteiger partial charge in [-0.2, -0.15) is 5.26 Å². The van der Waals surface area contributed by atoms with Crippen molar-refractivity contribution in [3.8, 4) is 6.07 Å². The highest BCUT2D eigenvalue weighted by Gasteiger charge is 2.15. The fourth-order valence-electron chi connectivity index (χ4n) is 0.977. The Labute approximate surface area is 91.7 Å². The van der Waals surface area contributed by atoms with E-state index >= 15 is 0 Å². The van der Waals surface area contributed by atoms with Crippen LogP contribution in [0.1, 0.15) is 15.9 Å². The third kappa shape index (κ3) is 2.00. The van der Waals surface area contributed by atoms with Crippen molar-refractivity contribution in [2.45, 2.75) is 4.90 Å². The summed E-state index contributed by atoms with van der Waals surface area (Å²) in [5.41, 5.74) is 0.240. The first-order valence-corrected chi connectivity index (χ1v) is 4.43. The summed E-state index contributed by atoms with van der Waals surface area (Å²) in [6.45, 7) is 0. The minimum atomic E-state index is -0.598. The number of carbonyl (C=O) groups excluding carboxylic acids is 1. The number of thiol groups is 1. The Kier molecular flexibility index (Phi) is 3.39. The van der Waals surface area contributed by atoms with Crippen molar-refractivity contribution in [1.82, 2.24) is 0 Å². The van der Waals surface area contributed by atoms with E-state index in [9.17, 15) is 4.79 Å². The van der Waals surface area contributed by atoms with E-state index in [1.165, 1.54) is 19.2 Å². The molecule has 0 aliphatic carbocycles. The highest BCUT2D eigenvalue weighted by molar-refractivity contribution is 7.80. The lowest BCUT2D eigenvalue weighted by molar-refractivity contribution is 0.0600. The molecule has 0 fully saturated rings. The van der Waals surface area contributed by atoms with Crippen LogP contribution in [0.25, 0.3) is 0 Å². The molecule has 0 heterocycles. The van der Waals surface area contributed by atoms with E-state index in [4.69, 9.17) is 16.9 Å². The molecule has 0 saturated carbocycles. The van der Waals surface area contributed by atoms with Gasteiger partial charge in [-0.25, -0.2) is 4.79 Å². The molecule has 0 atom stereocenters. The normalized spacial score (nSPS) is 9.29. The molecule has 0 saturated heterocycles. The van der Waals surface area contributed by atoms with E-state index in [-0.39, 0.29) is 16.1 Å². The van der Waals surface area contributed by atoms with Crippen LogP contribution in [0.3, 0.4) is 0 Å². The third-order valence-electron chi connectivity index (χ3n) is 1.59. The van der Waals surface area contributed by atoms with Crippen molar-refractivity contribution >= 4 is 30.2 Å². The van der Waals surface area contributed by atoms with E-state index in [0.29, 0.717) is 4.90 Å². The molecule has 0 aliphatic heterocycles. The standard InChI is InChI=1S/C9H6ClNO2S/c1-13-9(12)6-2-5(14)3-8(10)7(6)4-11/h2-3,14H,1H3. The van der Waals surface area contributed by atoms with Crippen LogP contribution in [0.15, 0.2) is 17.0 Å². The van der Waals surface area contributed by atoms with Crippen molar-refractivity contribution in [3.05, 3.63) is 28.3 Å². The maximum absolute atomic E-state index is 11.2. The van der Waals surface area contributed by atoms with Gasteiger partial charge in [0.2, 0.25) is 0 Å². The Morgan fingerprint density at radius 2 is 2.29 bits per heavy atom. The minimum absolute atomic E-state index is 0.108. The second kappa shape index (κ2) is 4.36. The predicted molar refractivity (Wildman–Crippen MR) is 54.8 cm³/mol. The van der Waals surface area contributed by atoms with Gasteiger partial charge in [0.25, 0.3) is 0 Å². The van der Waals surface area contributed by atoms with Gasteiger partial charge in [-0.1, -0.05) is 11.6 Å². The first-order valence-electron chi connectivity index (χ1n) is 3.61. The third-order valence-corrected chi connectivity index (χ3v) is 2.15. The zero-order valence-corrected chi connectivity index (χ0v) is 8.89. The highest BCUT2D eigenvalue weighted by atomic mass is 35.5. The molecule has 0 unspecified atom stereocenters. The SMILES string of the molecule is COC(=O)c1cc(S)cc(Cl)c1C#N. The fraction of sp³-hybridized carbons (Fsp3) is 0.111. The molecule has 0 spiro atoms. The molecule has 0 aliphatic rings. The number of rotatable bonds is 1. The molecule has 1 aromatic carbocycles. The number of nitriles is 1. The van der Waals surface area contributed by atoms with Gasteiger partial charge >= 0.3 is 5.97 Å². The molecular weight excluding hydrogens is 222 g/mol. The number of ether oxygens (including phenoxy) is 1. The average Bonchev–Trinajstić information content (AvgIpc) is 2.15. The van der Waals surface area contributed by atoms with Crippen molar-refractivity contribution in [2.75, 3.05) is 7.11 Å². The molecule has 1 rings (SSSR count). The summed E-state index contributed by atoms with van der Waals surface area (Å²) < 4.78 is 4.51. The number of nitrogens with zero attached hydrogens (tertiary/aromatic N) is 1. The first kappa shape index (κ1) is 10.9. The average molecular weight is 228 g/mol. The van der Waals surface area contributed by atoms with Gasteiger partial charge in [0, 0.05) is 4.90 Å². The molecule has 14 heavy (non-hydrogen) atoms. The van der Waals surface area contributed by atoms with Crippen molar-refractivity contribution in [3.63, 3.8) is 0 Å². The predicted octanol–water partition coefficient (Wildman–Crippen LogP) is 2.29. The quantitative estimate of drug-likeness (QED) is 0.592. The van der Waals surface area contributed by atoms with Gasteiger partial charge in [-0.15, -0.1) is 12.6 Å². The van der Waals surface area contributed by atoms with Crippen LogP contribution in [0.2, 0.25) is 5.02 Å². The van der Waals surface area contributed by atoms with Crippen LogP contribution in [0, 0.1) is 11.3 Å². The molecule has 0 bridgehead atoms. The van der Waals surface area contributed by atoms with Crippen LogP contribution in [-0.4, -0.2) is 13.1 Å². The Balaban J connectivity index is 3.41. The van der Waals surface area contributed by atoms with Crippen molar-refractivity contribution < 1.29 is 9.53 Å². The van der Waals surface area contributed by atoms with E-state index in [2.05, 4.69) is 17.4 Å². The molecule has 0 N–H and O–H groups in total. The summed E-state index contributed by atoms with van der Waals surface area (Å²) in [6.07, 6.45) is 0. The zero-order valence-electron chi connectivity index (χ0n) is 7.24. The second-order valence-electron chi connectivity index (χ2n) is 2.45. The summed E-state index contributed by atoms with van der Waals surface area (Å²) in [6, 6.07) is 4.78. The Morgan fingerprint density at radius 1 is 1.64 bits per heavy atom. The Morgan fingerprint density at radius 3 is 2.79 bits per heavy atom. The van der Waals surface area contributed by atoms with Crippen LogP contribution >= 0.6 is 24.2 Å². The number of benzene rings is 1. The zero-order chi connectivity index (χ0) is 10.7. The van der Waals surface area contributed by atoms with Crippen LogP contribution in [0.4, 0.5) is 0 Å². The minimum Gasteiger partial charge on any atom is -0.465 e. The van der Waals surface area contributed by atoms with Gasteiger partial charge in [0.1, 0.15) is 6.07 Å². The van der Waals surface area contributed by atoms with Gasteiger partial charge < -0.3 is 4.74 Å². The molecule has 0 radical (unpaired) electrons. The van der Waals surface area contributed by atoms with Gasteiger partial charge in [-0.05, 0) is 12.1 Å². The topological polar surface area (TPSA) is 50.1 Å². The second-order valence-corrected chi connectivity index (χ2v) is 3.38. The molecule has 0 aromatic heterocycles. The summed E-state index contributed by atoms with van der Waals surface area (Å²) in [5.74, 6) is -0.598. The number of carbonyl (C=O) groups is 1. The summed E-state index contributed by atoms with van der Waals surface area (Å²) in [5, 5.41) is 8.96. The van der Waals surface area contributed by atoms with Gasteiger partial charge in [0.15, 0.2) is 0 Å². The molecular formula is C9H6ClNO2S. The lowest BCUT2D eigenvalue weighted by atomic mass is 10.1. The van der Waals surface area contributed by atoms with Gasteiger partial charge in [0.05, 0.1) is 23.3 Å². The number of hydrogen-bond acceptors (Lipinski definition) is 4. The maximum Gasteiger partial charge on any atom is 0.339 e. The van der Waals surface area contributed by atoms with Crippen molar-refractivity contribution in [2.24, 2.45) is 0 Å². The summed E-state index contributed by atoms with van der Waals surface area (Å²) in [4.78, 5) is 11.7. The van der Waals surface area contributed by atoms with Crippen LogP contribution in [-0.2, 0) is 4.74 Å². The van der Waals surface area contributed by atoms with E-state index < -0.39 is 5.97 Å². The van der Waals surface area contributed by atoms with E-state index in [1.807, 2.05) is 6.07 Å². The molecule has 1 aromatic rings. The monoisotopic (exact) mass is 227 g/mol. The number of methoxy groups -OCH3 is 1. The van der Waals surface area contributed by atoms with Crippen molar-refractivity contribution in [1.29, 1.82) is 5.26 Å². The Hall–Kier alpha value is -1.18. The lowest BCUT2D eigenvalue weighted by Gasteiger charge is -2.04. The fourth-order valence-corrected chi connectivity index (χ4v) is 1.57. The van der Waals surface area contributed by atoms with Crippen LogP contribution in [0.5, 0.6) is 0 Å². The molecule has 72 valence electrons. The summed E-state index contributed by atoms with van der Waals surface area (Å²) in [7, 11) is 1.24. The highest BCUT2D eigenvalue weighted by Crippen LogP contribution is 2.24. The smallest absolute Gasteiger partial charge is 0.339 e. The maximum atomic E-state index is 11.2. The lowest BCUT2D eigenvalue weighted by Crippen LogP contribution is -2.04. The first-order chi connectivity index (χ1) is 6.60. The number of halogens is 1. The van der Waals surface area contributed by atoms with Gasteiger partial charge in [-0.3, -0.25) is 0 Å². The number of hydrogen-bond donors (Lipinski definition) is 1. The van der Waals surface area contributed by atoms with E-state index in [0.717, 1.165) is 0 Å². The largest absolute Gasteiger partial charge is 0.465 e. The number of esters is 1. The molecule has 0 amide bonds. The van der Waals surface area contributed by atoms with Crippen LogP contribution < -0.4 is 0 Å². The molecule has 5 heteroatoms. The van der Waals surface area contributed by atoms with E-state index in [1.54, 1.807) is 0 Å². The Bertz CT molecular complexity index is 426. The summed E-state index contributed by atoms with van der Waals surface area (Å²) >= 11 is 9.80. The molecule has 3 nitrogen and oxygen atoms in total.